The highest BCUT2D eigenvalue weighted by molar-refractivity contribution is 5.37. The number of hydrogen-bond donors (Lipinski definition) is 1. The molecule has 0 aromatic heterocycles. The van der Waals surface area contributed by atoms with E-state index in [2.05, 4.69) is 0 Å². The molecule has 0 spiro atoms. The lowest BCUT2D eigenvalue weighted by atomic mass is 9.89. The first-order valence-corrected chi connectivity index (χ1v) is 6.62. The van der Waals surface area contributed by atoms with Crippen molar-refractivity contribution in [2.75, 3.05) is 14.2 Å². The molecular weight excluding hydrogens is 244 g/mol. The molecule has 4 nitrogen and oxygen atoms in total. The van der Waals surface area contributed by atoms with Crippen LogP contribution in [0.4, 0.5) is 0 Å². The second-order valence-corrected chi connectivity index (χ2v) is 4.48. The molecule has 4 heteroatoms. The number of methoxy groups -OCH3 is 2. The fraction of sp³-hybridized carbons (Fsp3) is 0.600. The quantitative estimate of drug-likeness (QED) is 0.856. The smallest absolute Gasteiger partial charge is 0.196 e. The molecule has 19 heavy (non-hydrogen) atoms. The lowest BCUT2D eigenvalue weighted by molar-refractivity contribution is -0.212. The molecule has 0 saturated heterocycles. The number of fused-ring (bicyclic) bond motifs is 1. The van der Waals surface area contributed by atoms with Crippen LogP contribution in [-0.4, -0.2) is 31.2 Å². The molecule has 0 radical (unpaired) electrons. The van der Waals surface area contributed by atoms with Crippen LogP contribution < -0.4 is 4.74 Å². The van der Waals surface area contributed by atoms with E-state index in [1.165, 1.54) is 0 Å². The van der Waals surface area contributed by atoms with Gasteiger partial charge in [0.25, 0.3) is 0 Å². The van der Waals surface area contributed by atoms with Crippen LogP contribution in [0.2, 0.25) is 0 Å². The van der Waals surface area contributed by atoms with Gasteiger partial charge in [-0.1, -0.05) is 32.0 Å². The molecular formula is C15H24O4. The SMILES string of the molecule is CC.COC(OC)[C@]1(C)C[C@H](O)c2ccccc2O1. The van der Waals surface area contributed by atoms with Crippen LogP contribution >= 0.6 is 0 Å². The van der Waals surface area contributed by atoms with Crippen molar-refractivity contribution >= 4 is 0 Å². The molecule has 2 atom stereocenters. The molecule has 0 amide bonds. The molecule has 0 unspecified atom stereocenters. The van der Waals surface area contributed by atoms with Gasteiger partial charge in [-0.3, -0.25) is 0 Å². The first kappa shape index (κ1) is 16.0. The summed E-state index contributed by atoms with van der Waals surface area (Å²) in [5.74, 6) is 0.688. The maximum Gasteiger partial charge on any atom is 0.196 e. The first-order chi connectivity index (χ1) is 9.10. The van der Waals surface area contributed by atoms with Crippen molar-refractivity contribution in [1.82, 2.24) is 0 Å². The molecule has 0 saturated carbocycles. The normalized spacial score (nSPS) is 25.1. The van der Waals surface area contributed by atoms with Gasteiger partial charge in [0.05, 0.1) is 6.10 Å². The third-order valence-corrected chi connectivity index (χ3v) is 3.15. The van der Waals surface area contributed by atoms with Gasteiger partial charge >= 0.3 is 0 Å². The van der Waals surface area contributed by atoms with Gasteiger partial charge in [-0.25, -0.2) is 0 Å². The van der Waals surface area contributed by atoms with Crippen LogP contribution in [0.3, 0.4) is 0 Å². The van der Waals surface area contributed by atoms with Gasteiger partial charge in [0.1, 0.15) is 5.75 Å². The Bertz CT molecular complexity index is 389. The van der Waals surface area contributed by atoms with Gasteiger partial charge in [-0.15, -0.1) is 0 Å². The summed E-state index contributed by atoms with van der Waals surface area (Å²) in [6.45, 7) is 5.88. The lowest BCUT2D eigenvalue weighted by Crippen LogP contribution is -2.50. The van der Waals surface area contributed by atoms with Gasteiger partial charge < -0.3 is 19.3 Å². The average Bonchev–Trinajstić information content (AvgIpc) is 2.42. The van der Waals surface area contributed by atoms with Gasteiger partial charge in [-0.05, 0) is 13.0 Å². The Morgan fingerprint density at radius 2 is 1.84 bits per heavy atom. The van der Waals surface area contributed by atoms with Crippen LogP contribution in [0.5, 0.6) is 5.75 Å². The number of aliphatic hydroxyl groups excluding tert-OH is 1. The Morgan fingerprint density at radius 3 is 2.42 bits per heavy atom. The van der Waals surface area contributed by atoms with E-state index in [1.54, 1.807) is 14.2 Å². The highest BCUT2D eigenvalue weighted by Gasteiger charge is 2.43. The van der Waals surface area contributed by atoms with Gasteiger partial charge in [0.15, 0.2) is 11.9 Å². The Balaban J connectivity index is 0.000000861. The third kappa shape index (κ3) is 3.26. The number of hydrogen-bond acceptors (Lipinski definition) is 4. The minimum absolute atomic E-state index is 0.441. The van der Waals surface area contributed by atoms with E-state index in [4.69, 9.17) is 14.2 Å². The summed E-state index contributed by atoms with van der Waals surface area (Å²) < 4.78 is 16.4. The summed E-state index contributed by atoms with van der Waals surface area (Å²) in [6, 6.07) is 7.48. The zero-order valence-electron chi connectivity index (χ0n) is 12.3. The third-order valence-electron chi connectivity index (χ3n) is 3.15. The largest absolute Gasteiger partial charge is 0.482 e. The molecule has 2 rings (SSSR count). The van der Waals surface area contributed by atoms with Crippen molar-refractivity contribution in [2.45, 2.75) is 45.2 Å². The summed E-state index contributed by atoms with van der Waals surface area (Å²) in [5, 5.41) is 10.1. The number of benzene rings is 1. The van der Waals surface area contributed by atoms with E-state index >= 15 is 0 Å². The van der Waals surface area contributed by atoms with Crippen molar-refractivity contribution in [1.29, 1.82) is 0 Å². The second-order valence-electron chi connectivity index (χ2n) is 4.48. The molecule has 1 N–H and O–H groups in total. The average molecular weight is 268 g/mol. The zero-order chi connectivity index (χ0) is 14.5. The minimum Gasteiger partial charge on any atom is -0.482 e. The van der Waals surface area contributed by atoms with Crippen molar-refractivity contribution in [3.8, 4) is 5.75 Å². The van der Waals surface area contributed by atoms with E-state index in [-0.39, 0.29) is 0 Å². The highest BCUT2D eigenvalue weighted by Crippen LogP contribution is 2.41. The summed E-state index contributed by atoms with van der Waals surface area (Å²) in [4.78, 5) is 0. The molecule has 108 valence electrons. The van der Waals surface area contributed by atoms with Crippen LogP contribution in [0.25, 0.3) is 0 Å². The van der Waals surface area contributed by atoms with Crippen LogP contribution in [-0.2, 0) is 9.47 Å². The Hall–Kier alpha value is -1.10. The molecule has 1 aliphatic rings. The van der Waals surface area contributed by atoms with Gasteiger partial charge in [0.2, 0.25) is 0 Å². The number of rotatable bonds is 3. The Kier molecular flexibility index (Phi) is 5.79. The van der Waals surface area contributed by atoms with Crippen LogP contribution in [0, 0.1) is 0 Å². The van der Waals surface area contributed by atoms with Crippen molar-refractivity contribution in [3.05, 3.63) is 29.8 Å². The van der Waals surface area contributed by atoms with Gasteiger partial charge in [0, 0.05) is 26.2 Å². The molecule has 1 aliphatic heterocycles. The summed E-state index contributed by atoms with van der Waals surface area (Å²) in [6.07, 6.45) is -0.626. The fourth-order valence-electron chi connectivity index (χ4n) is 2.37. The molecule has 0 bridgehead atoms. The maximum atomic E-state index is 10.1. The number of ether oxygens (including phenoxy) is 3. The summed E-state index contributed by atoms with van der Waals surface area (Å²) in [5.41, 5.74) is 0.132. The predicted octanol–water partition coefficient (Wildman–Crippen LogP) is 2.91. The van der Waals surface area contributed by atoms with E-state index in [1.807, 2.05) is 45.0 Å². The summed E-state index contributed by atoms with van der Waals surface area (Å²) in [7, 11) is 3.13. The monoisotopic (exact) mass is 268 g/mol. The zero-order valence-corrected chi connectivity index (χ0v) is 12.3. The molecule has 1 aromatic rings. The summed E-state index contributed by atoms with van der Waals surface area (Å²) >= 11 is 0. The molecule has 0 fully saturated rings. The highest BCUT2D eigenvalue weighted by atomic mass is 16.7. The predicted molar refractivity (Wildman–Crippen MR) is 74.2 cm³/mol. The van der Waals surface area contributed by atoms with Crippen LogP contribution in [0.15, 0.2) is 24.3 Å². The van der Waals surface area contributed by atoms with E-state index < -0.39 is 18.0 Å². The van der Waals surface area contributed by atoms with Crippen molar-refractivity contribution < 1.29 is 19.3 Å². The van der Waals surface area contributed by atoms with E-state index in [0.29, 0.717) is 12.2 Å². The van der Waals surface area contributed by atoms with Gasteiger partial charge in [-0.2, -0.15) is 0 Å². The Labute approximate surface area is 115 Å². The lowest BCUT2D eigenvalue weighted by Gasteiger charge is -2.41. The second kappa shape index (κ2) is 6.89. The van der Waals surface area contributed by atoms with Crippen molar-refractivity contribution in [2.24, 2.45) is 0 Å². The number of aliphatic hydroxyl groups is 1. The first-order valence-electron chi connectivity index (χ1n) is 6.62. The fourth-order valence-corrected chi connectivity index (χ4v) is 2.37. The van der Waals surface area contributed by atoms with E-state index in [0.717, 1.165) is 5.56 Å². The van der Waals surface area contributed by atoms with E-state index in [9.17, 15) is 5.11 Å². The van der Waals surface area contributed by atoms with Crippen molar-refractivity contribution in [3.63, 3.8) is 0 Å². The molecule has 0 aliphatic carbocycles. The molecule has 1 aromatic carbocycles. The standard InChI is InChI=1S/C13H18O4.C2H6/c1-13(12(15-2)16-3)8-10(14)9-6-4-5-7-11(9)17-13;1-2/h4-7,10,12,14H,8H2,1-3H3;1-2H3/t10-,13-;/m0./s1. The van der Waals surface area contributed by atoms with Crippen LogP contribution in [0.1, 0.15) is 38.9 Å². The Morgan fingerprint density at radius 1 is 1.26 bits per heavy atom. The maximum absolute atomic E-state index is 10.1. The number of para-hydroxylation sites is 1. The topological polar surface area (TPSA) is 47.9 Å². The molecule has 1 heterocycles. The minimum atomic E-state index is -0.683.